The van der Waals surface area contributed by atoms with Gasteiger partial charge < -0.3 is 23.4 Å². The van der Waals surface area contributed by atoms with Gasteiger partial charge in [-0.2, -0.15) is 0 Å². The molecule has 1 aliphatic rings. The van der Waals surface area contributed by atoms with Gasteiger partial charge in [0, 0.05) is 0 Å². The number of aryl methyl sites for hydroxylation is 2. The summed E-state index contributed by atoms with van der Waals surface area (Å²) < 4.78 is 28.5. The van der Waals surface area contributed by atoms with Gasteiger partial charge in [-0.05, 0) is 80.4 Å². The van der Waals surface area contributed by atoms with Crippen molar-refractivity contribution in [2.45, 2.75) is 20.8 Å². The van der Waals surface area contributed by atoms with Crippen molar-refractivity contribution >= 4 is 16.5 Å². The van der Waals surface area contributed by atoms with Crippen LogP contribution in [0.25, 0.3) is 21.9 Å². The highest BCUT2D eigenvalue weighted by Gasteiger charge is 2.18. The Morgan fingerprint density at radius 3 is 2.36 bits per heavy atom. The van der Waals surface area contributed by atoms with Crippen LogP contribution in [-0.2, 0) is 0 Å². The molecule has 0 saturated heterocycles. The van der Waals surface area contributed by atoms with Gasteiger partial charge in [0.2, 0.25) is 6.79 Å². The molecule has 0 N–H and O–H groups in total. The molecule has 6 nitrogen and oxygen atoms in total. The van der Waals surface area contributed by atoms with Crippen LogP contribution in [0.2, 0.25) is 0 Å². The van der Waals surface area contributed by atoms with Crippen molar-refractivity contribution in [1.29, 1.82) is 0 Å². The van der Waals surface area contributed by atoms with Gasteiger partial charge in [-0.3, -0.25) is 0 Å². The second-order valence-electron chi connectivity index (χ2n) is 7.77. The molecule has 0 bridgehead atoms. The van der Waals surface area contributed by atoms with E-state index in [1.54, 1.807) is 7.11 Å². The summed E-state index contributed by atoms with van der Waals surface area (Å²) in [6.07, 6.45) is 0. The highest BCUT2D eigenvalue weighted by molar-refractivity contribution is 5.93. The number of nitrogens with zero attached hydrogens (tertiary/aromatic N) is 1. The first-order valence-corrected chi connectivity index (χ1v) is 10.9. The largest absolute Gasteiger partial charge is 0.497 e. The summed E-state index contributed by atoms with van der Waals surface area (Å²) in [6.45, 7) is 6.66. The number of furan rings is 1. The molecule has 6 heteroatoms. The summed E-state index contributed by atoms with van der Waals surface area (Å²) in [4.78, 5) is 4.99. The minimum atomic E-state index is 0.234. The summed E-state index contributed by atoms with van der Waals surface area (Å²) in [7, 11) is 1.65. The first-order valence-electron chi connectivity index (χ1n) is 10.9. The molecule has 5 rings (SSSR count). The fraction of sp³-hybridized carbons (Fsp3) is 0.222. The average molecular weight is 443 g/mol. The van der Waals surface area contributed by atoms with E-state index in [2.05, 4.69) is 6.07 Å². The van der Waals surface area contributed by atoms with E-state index in [1.807, 2.05) is 69.3 Å². The van der Waals surface area contributed by atoms with E-state index in [4.69, 9.17) is 28.4 Å². The number of ether oxygens (including phenoxy) is 4. The Hall–Kier alpha value is -3.93. The molecule has 3 aromatic carbocycles. The molecule has 0 unspecified atom stereocenters. The molecule has 0 atom stereocenters. The van der Waals surface area contributed by atoms with Crippen LogP contribution in [0.1, 0.15) is 18.4 Å². The number of hydrogen-bond donors (Lipinski definition) is 0. The van der Waals surface area contributed by atoms with Crippen molar-refractivity contribution in [3.05, 3.63) is 71.5 Å². The maximum atomic E-state index is 6.09. The lowest BCUT2D eigenvalue weighted by Crippen LogP contribution is -2.00. The second kappa shape index (κ2) is 8.54. The molecule has 2 heterocycles. The molecule has 0 spiro atoms. The number of hydrogen-bond acceptors (Lipinski definition) is 6. The van der Waals surface area contributed by atoms with Crippen LogP contribution >= 0.6 is 0 Å². The van der Waals surface area contributed by atoms with Gasteiger partial charge in [0.15, 0.2) is 11.5 Å². The monoisotopic (exact) mass is 443 g/mol. The molecule has 0 aliphatic carbocycles. The second-order valence-corrected chi connectivity index (χ2v) is 7.77. The van der Waals surface area contributed by atoms with E-state index in [9.17, 15) is 0 Å². The fourth-order valence-corrected chi connectivity index (χ4v) is 4.16. The van der Waals surface area contributed by atoms with E-state index in [0.717, 1.165) is 67.5 Å². The minimum absolute atomic E-state index is 0.234. The van der Waals surface area contributed by atoms with Crippen LogP contribution in [0, 0.1) is 13.8 Å². The molecule has 4 aromatic rings. The van der Waals surface area contributed by atoms with E-state index < -0.39 is 0 Å². The van der Waals surface area contributed by atoms with Gasteiger partial charge in [0.1, 0.15) is 23.0 Å². The molecular weight excluding hydrogens is 418 g/mol. The number of methoxy groups -OCH3 is 1. The lowest BCUT2D eigenvalue weighted by atomic mass is 10.1. The number of rotatable bonds is 5. The van der Waals surface area contributed by atoms with Crippen LogP contribution in [0.4, 0.5) is 5.69 Å². The van der Waals surface area contributed by atoms with Gasteiger partial charge in [0.05, 0.1) is 35.5 Å². The molecule has 1 aliphatic heterocycles. The van der Waals surface area contributed by atoms with Crippen LogP contribution in [-0.4, -0.2) is 20.5 Å². The zero-order valence-electron chi connectivity index (χ0n) is 19.1. The van der Waals surface area contributed by atoms with Gasteiger partial charge in [-0.15, -0.1) is 0 Å². The van der Waals surface area contributed by atoms with Crippen molar-refractivity contribution in [2.24, 2.45) is 4.99 Å². The minimum Gasteiger partial charge on any atom is -0.497 e. The molecule has 33 heavy (non-hydrogen) atoms. The van der Waals surface area contributed by atoms with E-state index in [0.29, 0.717) is 6.61 Å². The van der Waals surface area contributed by atoms with Gasteiger partial charge in [-0.25, -0.2) is 4.99 Å². The van der Waals surface area contributed by atoms with Crippen molar-refractivity contribution < 1.29 is 23.4 Å². The molecule has 0 saturated carbocycles. The predicted octanol–water partition coefficient (Wildman–Crippen LogP) is 6.09. The SMILES string of the molecule is CCOc1cc(-c2ccc3c(c2)OCO3)cc(=Nc2ccc(OC)cc2)c2c(C)oc(C)c12. The summed E-state index contributed by atoms with van der Waals surface area (Å²) in [6, 6.07) is 17.7. The summed E-state index contributed by atoms with van der Waals surface area (Å²) >= 11 is 0. The van der Waals surface area contributed by atoms with Gasteiger partial charge >= 0.3 is 0 Å². The standard InChI is InChI=1S/C27H25NO5/c1-5-30-25-14-19(18-6-11-23-24(13-18)32-15-31-23)12-22(26-16(2)33-17(3)27(25)26)28-20-7-9-21(29-4)10-8-20/h6-14H,5,15H2,1-4H3. The lowest BCUT2D eigenvalue weighted by Gasteiger charge is -2.05. The Kier molecular flexibility index (Phi) is 5.42. The molecule has 168 valence electrons. The van der Waals surface area contributed by atoms with Gasteiger partial charge in [0.25, 0.3) is 0 Å². The third-order valence-electron chi connectivity index (χ3n) is 5.67. The third kappa shape index (κ3) is 3.89. The van der Waals surface area contributed by atoms with E-state index in [1.165, 1.54) is 0 Å². The zero-order valence-corrected chi connectivity index (χ0v) is 19.1. The maximum absolute atomic E-state index is 6.09. The van der Waals surface area contributed by atoms with Crippen LogP contribution in [0.5, 0.6) is 23.0 Å². The topological polar surface area (TPSA) is 62.4 Å². The average Bonchev–Trinajstić information content (AvgIpc) is 3.36. The summed E-state index contributed by atoms with van der Waals surface area (Å²) in [5, 5.41) is 2.65. The van der Waals surface area contributed by atoms with Crippen molar-refractivity contribution in [1.82, 2.24) is 0 Å². The van der Waals surface area contributed by atoms with Crippen LogP contribution in [0.3, 0.4) is 0 Å². The van der Waals surface area contributed by atoms with Crippen molar-refractivity contribution in [2.75, 3.05) is 20.5 Å². The predicted molar refractivity (Wildman–Crippen MR) is 127 cm³/mol. The van der Waals surface area contributed by atoms with Crippen LogP contribution in [0.15, 0.2) is 64.0 Å². The van der Waals surface area contributed by atoms with E-state index >= 15 is 0 Å². The van der Waals surface area contributed by atoms with Crippen LogP contribution < -0.4 is 24.3 Å². The Labute approximate surface area is 192 Å². The Morgan fingerprint density at radius 2 is 1.61 bits per heavy atom. The molecule has 0 radical (unpaired) electrons. The normalized spacial score (nSPS) is 12.9. The highest BCUT2D eigenvalue weighted by Crippen LogP contribution is 2.38. The Bertz CT molecular complexity index is 1400. The van der Waals surface area contributed by atoms with E-state index in [-0.39, 0.29) is 6.79 Å². The summed E-state index contributed by atoms with van der Waals surface area (Å²) in [5.74, 6) is 4.61. The quantitative estimate of drug-likeness (QED) is 0.374. The third-order valence-corrected chi connectivity index (χ3v) is 5.67. The lowest BCUT2D eigenvalue weighted by molar-refractivity contribution is 0.174. The molecule has 1 aromatic heterocycles. The zero-order chi connectivity index (χ0) is 22.9. The number of fused-ring (bicyclic) bond motifs is 2. The smallest absolute Gasteiger partial charge is 0.231 e. The molecular formula is C27H25NO5. The molecule has 0 fully saturated rings. The maximum Gasteiger partial charge on any atom is 0.231 e. The Balaban J connectivity index is 1.82. The first-order chi connectivity index (χ1) is 16.1. The Morgan fingerprint density at radius 1 is 0.848 bits per heavy atom. The van der Waals surface area contributed by atoms with Crippen molar-refractivity contribution in [3.63, 3.8) is 0 Å². The fourth-order valence-electron chi connectivity index (χ4n) is 4.16. The van der Waals surface area contributed by atoms with Gasteiger partial charge in [-0.1, -0.05) is 6.07 Å². The molecule has 0 amide bonds. The first kappa shape index (κ1) is 20.9. The number of benzene rings is 2. The highest BCUT2D eigenvalue weighted by atomic mass is 16.7. The van der Waals surface area contributed by atoms with Crippen molar-refractivity contribution in [3.8, 4) is 34.1 Å². The summed E-state index contributed by atoms with van der Waals surface area (Å²) in [5.41, 5.74) is 2.76.